The summed E-state index contributed by atoms with van der Waals surface area (Å²) < 4.78 is 168. The number of hydrogen-bond acceptors (Lipinski definition) is 21. The second-order valence-corrected chi connectivity index (χ2v) is 29.2. The molecule has 65 heavy (non-hydrogen) atoms. The van der Waals surface area contributed by atoms with Crippen molar-refractivity contribution in [1.29, 1.82) is 0 Å². The Morgan fingerprint density at radius 2 is 1.09 bits per heavy atom. The van der Waals surface area contributed by atoms with Gasteiger partial charge in [-0.15, -0.1) is 6.58 Å². The predicted molar refractivity (Wildman–Crippen MR) is 257 cm³/mol. The molecule has 6 fully saturated rings. The molecular formula is C36H66O21S8. The first kappa shape index (κ1) is 61.8. The Hall–Kier alpha value is -1.26. The highest BCUT2D eigenvalue weighted by atomic mass is 32.3. The minimum Gasteiger partial charge on any atom is -0.298 e. The summed E-state index contributed by atoms with van der Waals surface area (Å²) in [6, 6.07) is 0. The lowest BCUT2D eigenvalue weighted by Gasteiger charge is -2.16. The molecule has 0 aliphatic carbocycles. The standard InChI is InChI=1S/C5H10O3S.C5H8O3S.C5H10O2S.C5H8O2S.C4H8O4S.C4H8O3S.C4H8O2S.C4H6O2S/c1-5-2-3-8-9(6,7)4-5;1-2-5-3-8-9(6,7)4-5;2*1-8(6)5-3-2-4-7-8;1-2-4-3-7-9(5,6)8-4;1-4-2-7-8(5,6)3-4;2*1-7(5)4-2-3-6-7/h5H,2-4H2,1H3;2,5H,1,3-4H2;1-5H2;3,5H,1-2,4H2;4H,2-3H2,1H3;4H,2-3H2,1H3;1-4H2;2,4H,1,3H2. The molecule has 0 bridgehead atoms. The van der Waals surface area contributed by atoms with Gasteiger partial charge in [0.1, 0.15) is 6.10 Å². The van der Waals surface area contributed by atoms with E-state index in [-0.39, 0.29) is 54.3 Å². The minimum absolute atomic E-state index is 0.00463. The highest BCUT2D eigenvalue weighted by molar-refractivity contribution is 7.99. The lowest BCUT2D eigenvalue weighted by molar-refractivity contribution is 0.231. The Labute approximate surface area is 389 Å². The molecule has 8 atom stereocenters. The fourth-order valence-electron chi connectivity index (χ4n) is 4.91. The minimum atomic E-state index is -3.61. The topological polar surface area (TPSA) is 288 Å². The maximum Gasteiger partial charge on any atom is 0.400 e. The second-order valence-electron chi connectivity index (χ2n) is 14.9. The van der Waals surface area contributed by atoms with Gasteiger partial charge in [0.15, 0.2) is 0 Å². The lowest BCUT2D eigenvalue weighted by atomic mass is 10.1. The lowest BCUT2D eigenvalue weighted by Crippen LogP contribution is -2.24. The monoisotopic (exact) mass is 1090 g/mol. The Morgan fingerprint density at radius 1 is 0.554 bits per heavy atom. The second kappa shape index (κ2) is 28.4. The van der Waals surface area contributed by atoms with Crippen molar-refractivity contribution in [1.82, 2.24) is 0 Å². The molecule has 0 radical (unpaired) electrons. The third-order valence-corrected chi connectivity index (χ3v) is 18.9. The van der Waals surface area contributed by atoms with Crippen LogP contribution >= 0.6 is 0 Å². The molecule has 8 aliphatic rings. The Morgan fingerprint density at radius 3 is 1.29 bits per heavy atom. The third kappa shape index (κ3) is 31.5. The zero-order valence-corrected chi connectivity index (χ0v) is 43.5. The van der Waals surface area contributed by atoms with Crippen molar-refractivity contribution in [2.24, 2.45) is 17.8 Å². The van der Waals surface area contributed by atoms with Gasteiger partial charge in [0.2, 0.25) is 0 Å². The molecule has 8 rings (SSSR count). The number of rotatable bonds is 2. The predicted octanol–water partition coefficient (Wildman–Crippen LogP) is 1.74. The molecule has 6 saturated heterocycles. The first-order valence-electron chi connectivity index (χ1n) is 20.0. The molecule has 0 aromatic rings. The average molecular weight is 1090 g/mol. The van der Waals surface area contributed by atoms with Gasteiger partial charge in [-0.05, 0) is 79.9 Å². The third-order valence-electron chi connectivity index (χ3n) is 8.29. The molecule has 0 spiro atoms. The maximum atomic E-state index is 10.9. The molecule has 0 aromatic carbocycles. The van der Waals surface area contributed by atoms with Crippen LogP contribution in [0.3, 0.4) is 0 Å². The summed E-state index contributed by atoms with van der Waals surface area (Å²) >= 11 is 0. The van der Waals surface area contributed by atoms with Gasteiger partial charge in [-0.25, -0.2) is 25.2 Å². The zero-order valence-electron chi connectivity index (χ0n) is 37.0. The van der Waals surface area contributed by atoms with E-state index in [1.165, 1.54) is 10.8 Å². The van der Waals surface area contributed by atoms with Gasteiger partial charge in [-0.1, -0.05) is 32.9 Å². The maximum absolute atomic E-state index is 10.9. The molecule has 8 aliphatic heterocycles. The SMILES string of the molecule is C=CC1COS(=O)(=O)C1.C=S1(=O)C=CCCO1.C=S1(=O)C=CCO1.C=S1(=O)CCCCO1.C=S1(=O)CCCO1.CC1CCOS(=O)(=O)C1.CC1COS(=O)(=O)C1.CCC1COS(=O)(=O)O1. The smallest absolute Gasteiger partial charge is 0.298 e. The summed E-state index contributed by atoms with van der Waals surface area (Å²) in [5.74, 6) is 15.7. The molecule has 384 valence electrons. The van der Waals surface area contributed by atoms with E-state index < -0.39 is 80.0 Å². The first-order chi connectivity index (χ1) is 29.8. The van der Waals surface area contributed by atoms with Crippen molar-refractivity contribution in [2.75, 3.05) is 81.6 Å². The summed E-state index contributed by atoms with van der Waals surface area (Å²) in [4.78, 5) is 0. The molecular weight excluding hydrogens is 1020 g/mol. The van der Waals surface area contributed by atoms with Gasteiger partial charge < -0.3 is 0 Å². The van der Waals surface area contributed by atoms with E-state index in [4.69, 9.17) is 12.5 Å². The Kier molecular flexibility index (Phi) is 27.0. The van der Waals surface area contributed by atoms with Crippen molar-refractivity contribution in [2.45, 2.75) is 65.4 Å². The summed E-state index contributed by atoms with van der Waals surface area (Å²) in [6.07, 6.45) is 10.2. The number of hydrogen-bond donors (Lipinski definition) is 0. The van der Waals surface area contributed by atoms with Crippen LogP contribution in [0.4, 0.5) is 0 Å². The van der Waals surface area contributed by atoms with Gasteiger partial charge in [0, 0.05) is 28.2 Å². The molecule has 0 amide bonds. The van der Waals surface area contributed by atoms with Crippen LogP contribution in [0.5, 0.6) is 0 Å². The molecule has 21 nitrogen and oxygen atoms in total. The van der Waals surface area contributed by atoms with E-state index in [1.54, 1.807) is 12.2 Å². The first-order valence-corrected chi connectivity index (χ1v) is 33.1. The van der Waals surface area contributed by atoms with Crippen molar-refractivity contribution >= 4 is 103 Å². The van der Waals surface area contributed by atoms with Gasteiger partial charge in [0.05, 0.1) is 109 Å². The van der Waals surface area contributed by atoms with Crippen molar-refractivity contribution in [3.8, 4) is 0 Å². The summed E-state index contributed by atoms with van der Waals surface area (Å²) in [5, 5.41) is 3.02. The summed E-state index contributed by atoms with van der Waals surface area (Å²) in [5.41, 5.74) is 0. The summed E-state index contributed by atoms with van der Waals surface area (Å²) in [6.45, 7) is 12.5. The van der Waals surface area contributed by atoms with Crippen molar-refractivity contribution in [3.63, 3.8) is 0 Å². The van der Waals surface area contributed by atoms with Crippen LogP contribution in [0.25, 0.3) is 0 Å². The van der Waals surface area contributed by atoms with Gasteiger partial charge in [-0.3, -0.25) is 29.3 Å². The van der Waals surface area contributed by atoms with Gasteiger partial charge in [0.25, 0.3) is 30.4 Å². The highest BCUT2D eigenvalue weighted by Crippen LogP contribution is 2.16. The van der Waals surface area contributed by atoms with Crippen LogP contribution in [0, 0.1) is 17.8 Å². The fourth-order valence-corrected chi connectivity index (χ4v) is 13.6. The molecule has 8 unspecified atom stereocenters. The van der Waals surface area contributed by atoms with Crippen molar-refractivity contribution < 1.29 is 88.2 Å². The molecule has 8 heterocycles. The average Bonchev–Trinajstić information content (AvgIpc) is 4.02. The van der Waals surface area contributed by atoms with E-state index in [9.17, 15) is 50.5 Å². The van der Waals surface area contributed by atoms with E-state index in [0.29, 0.717) is 57.6 Å². The fraction of sp³-hybridized carbons (Fsp3) is 0.722. The largest absolute Gasteiger partial charge is 0.400 e. The Bertz CT molecular complexity index is 2400. The molecule has 29 heteroatoms. The normalized spacial score (nSPS) is 36.3. The van der Waals surface area contributed by atoms with E-state index in [1.807, 2.05) is 26.8 Å². The van der Waals surface area contributed by atoms with Gasteiger partial charge in [-0.2, -0.15) is 33.7 Å². The van der Waals surface area contributed by atoms with E-state index >= 15 is 0 Å². The van der Waals surface area contributed by atoms with Gasteiger partial charge >= 0.3 is 10.4 Å². The van der Waals surface area contributed by atoms with Crippen LogP contribution in [-0.2, 0) is 118 Å². The highest BCUT2D eigenvalue weighted by Gasteiger charge is 2.28. The van der Waals surface area contributed by atoms with Crippen LogP contribution < -0.4 is 0 Å². The van der Waals surface area contributed by atoms with E-state index in [0.717, 1.165) is 32.1 Å². The zero-order chi connectivity index (χ0) is 49.6. The molecule has 0 N–H and O–H groups in total. The molecule has 0 saturated carbocycles. The Balaban J connectivity index is 0.000000372. The van der Waals surface area contributed by atoms with E-state index in [2.05, 4.69) is 55.2 Å². The van der Waals surface area contributed by atoms with Crippen LogP contribution in [0.15, 0.2) is 35.6 Å². The van der Waals surface area contributed by atoms with Crippen LogP contribution in [0.2, 0.25) is 0 Å². The molecule has 0 aromatic heterocycles. The quantitative estimate of drug-likeness (QED) is 0.216. The van der Waals surface area contributed by atoms with Crippen LogP contribution in [0.1, 0.15) is 59.3 Å². The van der Waals surface area contributed by atoms with Crippen LogP contribution in [-0.4, -0.2) is 162 Å². The van der Waals surface area contributed by atoms with Crippen molar-refractivity contribution in [3.05, 3.63) is 35.6 Å². The summed E-state index contributed by atoms with van der Waals surface area (Å²) in [7, 11) is -21.6.